The Bertz CT molecular complexity index is 547. The Balaban J connectivity index is 0. The van der Waals surface area contributed by atoms with Gasteiger partial charge in [0, 0.05) is 11.1 Å². The molecule has 1 heterocycles. The van der Waals surface area contributed by atoms with Crippen LogP contribution in [0.15, 0.2) is 42.6 Å². The average Bonchev–Trinajstić information content (AvgIpc) is 2.52. The van der Waals surface area contributed by atoms with E-state index in [1.165, 1.54) is 18.2 Å². The second kappa shape index (κ2) is 11.7. The fraction of sp³-hybridized carbons (Fsp3) is 0. The molecule has 0 bridgehead atoms. The number of non-ortho nitro benzene ring substituents is 1. The molecule has 6 nitrogen and oxygen atoms in total. The van der Waals surface area contributed by atoms with Crippen LogP contribution < -0.4 is 0 Å². The third kappa shape index (κ3) is 5.96. The SMILES string of the molecule is O=[N+]([O-])c1cc[c-]c(-c2ccccn2)c1.[C-]#N.[CH-]=O.[Ir+3]. The van der Waals surface area contributed by atoms with Crippen molar-refractivity contribution in [2.75, 3.05) is 0 Å². The quantitative estimate of drug-likeness (QED) is 0.305. The van der Waals surface area contributed by atoms with Gasteiger partial charge in [0.2, 0.25) is 0 Å². The van der Waals surface area contributed by atoms with Crippen molar-refractivity contribution in [2.24, 2.45) is 0 Å². The molecule has 2 rings (SSSR count). The Hall–Kier alpha value is -2.42. The maximum Gasteiger partial charge on any atom is 3.00 e. The zero-order chi connectivity index (χ0) is 14.7. The number of nitro benzene ring substituents is 1. The molecule has 0 aliphatic carbocycles. The van der Waals surface area contributed by atoms with Gasteiger partial charge in [0.05, 0.1) is 0 Å². The molecule has 0 radical (unpaired) electrons. The Morgan fingerprint density at radius 2 is 1.95 bits per heavy atom. The van der Waals surface area contributed by atoms with Crippen molar-refractivity contribution in [1.82, 2.24) is 4.98 Å². The van der Waals surface area contributed by atoms with Crippen molar-refractivity contribution in [3.05, 3.63) is 65.3 Å². The fourth-order valence-corrected chi connectivity index (χ4v) is 1.24. The van der Waals surface area contributed by atoms with Crippen LogP contribution in [0.5, 0.6) is 0 Å². The van der Waals surface area contributed by atoms with Crippen LogP contribution in [0, 0.1) is 28.0 Å². The number of benzene rings is 1. The molecule has 1 aromatic heterocycles. The molecule has 0 saturated carbocycles. The summed E-state index contributed by atoms with van der Waals surface area (Å²) in [6.07, 6.45) is 1.64. The molecule has 0 spiro atoms. The number of carbonyl (C=O) groups excluding carboxylic acids is 1. The molecule has 0 fully saturated rings. The van der Waals surface area contributed by atoms with Crippen LogP contribution >= 0.6 is 0 Å². The van der Waals surface area contributed by atoms with Gasteiger partial charge in [-0.2, -0.15) is 0 Å². The topological polar surface area (TPSA) is 96.9 Å². The van der Waals surface area contributed by atoms with Gasteiger partial charge in [-0.1, -0.05) is 24.3 Å². The first kappa shape index (κ1) is 19.9. The zero-order valence-corrected chi connectivity index (χ0v) is 12.4. The molecule has 0 atom stereocenters. The summed E-state index contributed by atoms with van der Waals surface area (Å²) in [4.78, 5) is 22.0. The van der Waals surface area contributed by atoms with Crippen molar-refractivity contribution in [2.45, 2.75) is 0 Å². The molecule has 0 aliphatic heterocycles. The van der Waals surface area contributed by atoms with Crippen molar-refractivity contribution in [3.63, 3.8) is 0 Å². The van der Waals surface area contributed by atoms with Gasteiger partial charge in [-0.05, 0) is 11.8 Å². The van der Waals surface area contributed by atoms with Gasteiger partial charge in [-0.25, -0.2) is 0 Å². The maximum atomic E-state index is 10.6. The number of hydrogen-bond acceptors (Lipinski definition) is 5. The molecule has 0 unspecified atom stereocenters. The van der Waals surface area contributed by atoms with Gasteiger partial charge in [-0.15, -0.1) is 17.7 Å². The average molecular weight is 446 g/mol. The largest absolute Gasteiger partial charge is 3.00 e. The van der Waals surface area contributed by atoms with E-state index in [-0.39, 0.29) is 25.8 Å². The molecule has 0 saturated heterocycles. The third-order valence-electron chi connectivity index (χ3n) is 1.94. The molecule has 2 aromatic rings. The van der Waals surface area contributed by atoms with Gasteiger partial charge in [-0.3, -0.25) is 16.9 Å². The molecule has 0 aliphatic rings. The fourth-order valence-electron chi connectivity index (χ4n) is 1.24. The summed E-state index contributed by atoms with van der Waals surface area (Å²) in [5.41, 5.74) is 1.36. The van der Waals surface area contributed by atoms with Crippen molar-refractivity contribution in [3.8, 4) is 11.3 Å². The van der Waals surface area contributed by atoms with Crippen molar-refractivity contribution in [1.29, 1.82) is 5.26 Å². The molecule has 0 N–H and O–H groups in total. The smallest absolute Gasteiger partial charge is 0.545 e. The molecule has 102 valence electrons. The van der Waals surface area contributed by atoms with Gasteiger partial charge in [0.25, 0.3) is 0 Å². The van der Waals surface area contributed by atoms with Crippen LogP contribution in [0.3, 0.4) is 0 Å². The Morgan fingerprint density at radius 3 is 2.45 bits per heavy atom. The summed E-state index contributed by atoms with van der Waals surface area (Å²) in [6, 6.07) is 12.7. The van der Waals surface area contributed by atoms with Crippen LogP contribution in [-0.2, 0) is 24.9 Å². The van der Waals surface area contributed by atoms with Crippen LogP contribution in [0.1, 0.15) is 0 Å². The summed E-state index contributed by atoms with van der Waals surface area (Å²) in [5.74, 6) is 0. The number of hydrogen-bond donors (Lipinski definition) is 0. The van der Waals surface area contributed by atoms with E-state index < -0.39 is 4.92 Å². The van der Waals surface area contributed by atoms with Crippen LogP contribution in [-0.4, -0.2) is 16.7 Å². The number of nitro groups is 1. The van der Waals surface area contributed by atoms with Crippen molar-refractivity contribution >= 4 is 12.5 Å². The van der Waals surface area contributed by atoms with Gasteiger partial charge < -0.3 is 21.6 Å². The standard InChI is InChI=1S/C11H7N2O2.CN.CHO.Ir/c14-13(15)10-5-3-4-9(8-10)11-6-1-2-7-12-11;2*1-2;/h1-3,5-8H;;1H;/q3*-1;+3. The second-order valence-corrected chi connectivity index (χ2v) is 2.93. The number of rotatable bonds is 2. The van der Waals surface area contributed by atoms with E-state index in [1.54, 1.807) is 18.3 Å². The summed E-state index contributed by atoms with van der Waals surface area (Å²) < 4.78 is 0. The van der Waals surface area contributed by atoms with Gasteiger partial charge in [0.15, 0.2) is 5.69 Å². The normalized spacial score (nSPS) is 7.70. The molecule has 20 heavy (non-hydrogen) atoms. The van der Waals surface area contributed by atoms with E-state index in [0.717, 1.165) is 0 Å². The Labute approximate surface area is 129 Å². The first-order chi connectivity index (χ1) is 9.27. The predicted octanol–water partition coefficient (Wildman–Crippen LogP) is 2.28. The minimum Gasteiger partial charge on any atom is -0.545 e. The van der Waals surface area contributed by atoms with E-state index in [9.17, 15) is 10.1 Å². The first-order valence-corrected chi connectivity index (χ1v) is 4.81. The third-order valence-corrected chi connectivity index (χ3v) is 1.94. The van der Waals surface area contributed by atoms with Crippen molar-refractivity contribution < 1.29 is 29.8 Å². The second-order valence-electron chi connectivity index (χ2n) is 2.93. The molecule has 0 amide bonds. The maximum absolute atomic E-state index is 10.6. The van der Waals surface area contributed by atoms with Crippen LogP contribution in [0.2, 0.25) is 0 Å². The first-order valence-electron chi connectivity index (χ1n) is 4.81. The van der Waals surface area contributed by atoms with Crippen LogP contribution in [0.4, 0.5) is 5.69 Å². The van der Waals surface area contributed by atoms with Crippen LogP contribution in [0.25, 0.3) is 11.3 Å². The molecule has 1 aromatic carbocycles. The Kier molecular flexibility index (Phi) is 11.6. The molecule has 7 heteroatoms. The summed E-state index contributed by atoms with van der Waals surface area (Å²) in [7, 11) is 0. The van der Waals surface area contributed by atoms with Gasteiger partial charge >= 0.3 is 20.1 Å². The van der Waals surface area contributed by atoms with E-state index in [0.29, 0.717) is 11.3 Å². The van der Waals surface area contributed by atoms with E-state index in [2.05, 4.69) is 17.8 Å². The molecular formula is C13H8IrN3O3. The monoisotopic (exact) mass is 447 g/mol. The minimum atomic E-state index is -0.430. The predicted molar refractivity (Wildman–Crippen MR) is 66.9 cm³/mol. The van der Waals surface area contributed by atoms with E-state index in [1.807, 2.05) is 6.07 Å². The molecular weight excluding hydrogens is 438 g/mol. The summed E-state index contributed by atoms with van der Waals surface area (Å²) in [5, 5.41) is 16.8. The zero-order valence-electron chi connectivity index (χ0n) is 10.0. The number of aromatic nitrogens is 1. The minimum absolute atomic E-state index is 0. The number of nitrogens with zero attached hydrogens (tertiary/aromatic N) is 3. The summed E-state index contributed by atoms with van der Waals surface area (Å²) in [6.45, 7) is 8.00. The Morgan fingerprint density at radius 1 is 1.30 bits per heavy atom. The van der Waals surface area contributed by atoms with E-state index >= 15 is 0 Å². The summed E-state index contributed by atoms with van der Waals surface area (Å²) >= 11 is 0. The van der Waals surface area contributed by atoms with Gasteiger partial charge in [0.1, 0.15) is 0 Å². The number of pyridine rings is 1. The van der Waals surface area contributed by atoms with E-state index in [4.69, 9.17) is 16.6 Å².